The number of likely N-dealkylation sites (N-methyl/N-ethyl adjacent to an activating group) is 1. The van der Waals surface area contributed by atoms with Gasteiger partial charge in [-0.3, -0.25) is 9.59 Å². The van der Waals surface area contributed by atoms with Gasteiger partial charge in [0, 0.05) is 11.9 Å². The van der Waals surface area contributed by atoms with Gasteiger partial charge < -0.3 is 15.0 Å². The fraction of sp³-hybridized carbons (Fsp3) is 0.263. The highest BCUT2D eigenvalue weighted by Gasteiger charge is 2.15. The number of ether oxygens (including phenoxy) is 1. The van der Waals surface area contributed by atoms with E-state index in [1.807, 2.05) is 61.7 Å². The first-order valence-electron chi connectivity index (χ1n) is 7.86. The summed E-state index contributed by atoms with van der Waals surface area (Å²) in [5, 5.41) is 2.84. The Hall–Kier alpha value is -2.47. The summed E-state index contributed by atoms with van der Waals surface area (Å²) in [7, 11) is 1.59. The molecule has 0 fully saturated rings. The Bertz CT molecular complexity index is 749. The molecule has 0 aliphatic rings. The van der Waals surface area contributed by atoms with Crippen molar-refractivity contribution in [2.75, 3.05) is 31.8 Å². The lowest BCUT2D eigenvalue weighted by atomic mass is 10.2. The number of nitrogens with one attached hydrogen (secondary N) is 1. The van der Waals surface area contributed by atoms with Gasteiger partial charge in [0.15, 0.2) is 6.61 Å². The second-order valence-electron chi connectivity index (χ2n) is 5.55. The van der Waals surface area contributed by atoms with Gasteiger partial charge in [0.2, 0.25) is 5.91 Å². The van der Waals surface area contributed by atoms with Crippen molar-refractivity contribution >= 4 is 29.3 Å². The van der Waals surface area contributed by atoms with Gasteiger partial charge in [-0.2, -0.15) is 0 Å². The smallest absolute Gasteiger partial charge is 0.260 e. The molecule has 0 aromatic heterocycles. The van der Waals surface area contributed by atoms with Gasteiger partial charge in [-0.25, -0.2) is 0 Å². The average molecular weight is 358 g/mol. The number of rotatable bonds is 7. The van der Waals surface area contributed by atoms with Gasteiger partial charge in [-0.1, -0.05) is 30.3 Å². The number of amides is 2. The third-order valence-electron chi connectivity index (χ3n) is 3.63. The number of aryl methyl sites for hydroxylation is 1. The number of nitrogens with zero attached hydrogens (tertiary/aromatic N) is 1. The molecular formula is C19H22N2O3S. The Kier molecular flexibility index (Phi) is 6.89. The Morgan fingerprint density at radius 2 is 1.80 bits per heavy atom. The summed E-state index contributed by atoms with van der Waals surface area (Å²) >= 11 is 1.55. The van der Waals surface area contributed by atoms with Crippen LogP contribution in [0.25, 0.3) is 0 Å². The van der Waals surface area contributed by atoms with Crippen molar-refractivity contribution in [1.29, 1.82) is 0 Å². The molecule has 0 aliphatic heterocycles. The minimum absolute atomic E-state index is 0.0291. The predicted molar refractivity (Wildman–Crippen MR) is 101 cm³/mol. The number of thioether (sulfide) groups is 1. The van der Waals surface area contributed by atoms with Gasteiger partial charge in [0.25, 0.3) is 5.91 Å². The zero-order valence-corrected chi connectivity index (χ0v) is 15.4. The molecule has 0 bridgehead atoms. The van der Waals surface area contributed by atoms with E-state index < -0.39 is 0 Å². The van der Waals surface area contributed by atoms with Crippen molar-refractivity contribution in [3.05, 3.63) is 54.1 Å². The Morgan fingerprint density at radius 3 is 2.52 bits per heavy atom. The third kappa shape index (κ3) is 5.53. The number of para-hydroxylation sites is 2. The number of anilines is 1. The molecule has 0 radical (unpaired) electrons. The third-order valence-corrected chi connectivity index (χ3v) is 4.43. The second kappa shape index (κ2) is 9.13. The molecule has 1 N–H and O–H groups in total. The summed E-state index contributed by atoms with van der Waals surface area (Å²) in [4.78, 5) is 26.7. The molecule has 2 aromatic rings. The van der Waals surface area contributed by atoms with Crippen LogP contribution in [-0.2, 0) is 9.59 Å². The van der Waals surface area contributed by atoms with E-state index in [9.17, 15) is 9.59 Å². The van der Waals surface area contributed by atoms with Crippen molar-refractivity contribution in [2.24, 2.45) is 0 Å². The molecule has 0 saturated carbocycles. The molecular weight excluding hydrogens is 336 g/mol. The predicted octanol–water partition coefficient (Wildman–Crippen LogP) is 3.19. The van der Waals surface area contributed by atoms with E-state index in [2.05, 4.69) is 5.32 Å². The lowest BCUT2D eigenvalue weighted by Crippen LogP contribution is -2.37. The molecule has 0 atom stereocenters. The van der Waals surface area contributed by atoms with Gasteiger partial charge in [0.05, 0.1) is 12.2 Å². The molecule has 25 heavy (non-hydrogen) atoms. The minimum Gasteiger partial charge on any atom is -0.484 e. The zero-order chi connectivity index (χ0) is 18.2. The van der Waals surface area contributed by atoms with Crippen molar-refractivity contribution in [2.45, 2.75) is 11.8 Å². The standard InChI is InChI=1S/C19H22N2O3S/c1-14-8-4-6-10-16(14)24-13-19(23)21(2)12-18(22)20-15-9-5-7-11-17(15)25-3/h4-11H,12-13H2,1-3H3,(H,20,22). The molecule has 0 unspecified atom stereocenters. The Morgan fingerprint density at radius 1 is 1.12 bits per heavy atom. The molecule has 6 heteroatoms. The first-order valence-corrected chi connectivity index (χ1v) is 9.09. The highest BCUT2D eigenvalue weighted by Crippen LogP contribution is 2.24. The molecule has 2 rings (SSSR count). The SMILES string of the molecule is CSc1ccccc1NC(=O)CN(C)C(=O)COc1ccccc1C. The van der Waals surface area contributed by atoms with Crippen LogP contribution in [0.4, 0.5) is 5.69 Å². The number of benzene rings is 2. The largest absolute Gasteiger partial charge is 0.484 e. The maximum atomic E-state index is 12.2. The number of hydrogen-bond acceptors (Lipinski definition) is 4. The van der Waals surface area contributed by atoms with Crippen LogP contribution in [0.15, 0.2) is 53.4 Å². The first-order chi connectivity index (χ1) is 12.0. The van der Waals surface area contributed by atoms with E-state index in [4.69, 9.17) is 4.74 Å². The van der Waals surface area contributed by atoms with Crippen LogP contribution in [-0.4, -0.2) is 43.2 Å². The van der Waals surface area contributed by atoms with Crippen LogP contribution in [0.1, 0.15) is 5.56 Å². The summed E-state index contributed by atoms with van der Waals surface area (Å²) in [6, 6.07) is 15.0. The summed E-state index contributed by atoms with van der Waals surface area (Å²) in [5.74, 6) is 0.174. The van der Waals surface area contributed by atoms with E-state index >= 15 is 0 Å². The van der Waals surface area contributed by atoms with E-state index in [0.29, 0.717) is 5.75 Å². The van der Waals surface area contributed by atoms with E-state index in [1.165, 1.54) is 4.90 Å². The van der Waals surface area contributed by atoms with Gasteiger partial charge in [0.1, 0.15) is 5.75 Å². The van der Waals surface area contributed by atoms with Crippen LogP contribution in [0.2, 0.25) is 0 Å². The van der Waals surface area contributed by atoms with Gasteiger partial charge in [-0.05, 0) is 36.9 Å². The second-order valence-corrected chi connectivity index (χ2v) is 6.40. The lowest BCUT2D eigenvalue weighted by molar-refractivity contribution is -0.135. The minimum atomic E-state index is -0.253. The Balaban J connectivity index is 1.86. The van der Waals surface area contributed by atoms with Crippen LogP contribution in [0, 0.1) is 6.92 Å². The molecule has 0 aliphatic carbocycles. The fourth-order valence-electron chi connectivity index (χ4n) is 2.21. The molecule has 132 valence electrons. The molecule has 2 amide bonds. The maximum absolute atomic E-state index is 12.2. The van der Waals surface area contributed by atoms with E-state index in [-0.39, 0.29) is 25.0 Å². The van der Waals surface area contributed by atoms with Crippen molar-refractivity contribution < 1.29 is 14.3 Å². The highest BCUT2D eigenvalue weighted by atomic mass is 32.2. The topological polar surface area (TPSA) is 58.6 Å². The highest BCUT2D eigenvalue weighted by molar-refractivity contribution is 7.98. The number of hydrogen-bond donors (Lipinski definition) is 1. The molecule has 0 saturated heterocycles. The summed E-state index contributed by atoms with van der Waals surface area (Å²) in [6.07, 6.45) is 1.95. The van der Waals surface area contributed by atoms with Crippen LogP contribution in [0.3, 0.4) is 0 Å². The van der Waals surface area contributed by atoms with Crippen LogP contribution < -0.4 is 10.1 Å². The van der Waals surface area contributed by atoms with Crippen molar-refractivity contribution in [1.82, 2.24) is 4.90 Å². The number of carbonyl (C=O) groups excluding carboxylic acids is 2. The summed E-state index contributed by atoms with van der Waals surface area (Å²) < 4.78 is 5.53. The monoisotopic (exact) mass is 358 g/mol. The zero-order valence-electron chi connectivity index (χ0n) is 14.6. The molecule has 0 heterocycles. The fourth-order valence-corrected chi connectivity index (χ4v) is 2.76. The van der Waals surface area contributed by atoms with Gasteiger partial charge in [-0.15, -0.1) is 11.8 Å². The lowest BCUT2D eigenvalue weighted by Gasteiger charge is -2.18. The number of carbonyl (C=O) groups is 2. The van der Waals surface area contributed by atoms with Crippen LogP contribution >= 0.6 is 11.8 Å². The summed E-state index contributed by atoms with van der Waals surface area (Å²) in [5.41, 5.74) is 1.71. The average Bonchev–Trinajstić information content (AvgIpc) is 2.61. The summed E-state index contributed by atoms with van der Waals surface area (Å²) in [6.45, 7) is 1.79. The van der Waals surface area contributed by atoms with E-state index in [1.54, 1.807) is 18.8 Å². The van der Waals surface area contributed by atoms with Crippen molar-refractivity contribution in [3.8, 4) is 5.75 Å². The molecule has 0 spiro atoms. The quantitative estimate of drug-likeness (QED) is 0.772. The molecule has 5 nitrogen and oxygen atoms in total. The molecule has 2 aromatic carbocycles. The Labute approximate surface area is 152 Å². The maximum Gasteiger partial charge on any atom is 0.260 e. The van der Waals surface area contributed by atoms with Gasteiger partial charge >= 0.3 is 0 Å². The van der Waals surface area contributed by atoms with Crippen LogP contribution in [0.5, 0.6) is 5.75 Å². The first kappa shape index (κ1) is 18.9. The van der Waals surface area contributed by atoms with Crippen molar-refractivity contribution in [3.63, 3.8) is 0 Å². The normalized spacial score (nSPS) is 10.2. The van der Waals surface area contributed by atoms with E-state index in [0.717, 1.165) is 16.1 Å².